The first-order chi connectivity index (χ1) is 4.00. The first-order valence-corrected chi connectivity index (χ1v) is 3.23. The minimum atomic E-state index is 0. The van der Waals surface area contributed by atoms with Crippen molar-refractivity contribution in [2.75, 3.05) is 13.1 Å². The molecule has 0 saturated carbocycles. The fraction of sp³-hybridized carbons (Fsp3) is 0.714. The van der Waals surface area contributed by atoms with Crippen molar-refractivity contribution in [2.24, 2.45) is 0 Å². The number of nitrogens with one attached hydrogen (secondary N) is 1. The summed E-state index contributed by atoms with van der Waals surface area (Å²) in [6.45, 7) is 7.39. The molecular weight excluding hydrogens is 158 g/mol. The molecule has 0 aliphatic carbocycles. The maximum absolute atomic E-state index is 3.25. The molecule has 10 heavy (non-hydrogen) atoms. The second-order valence-corrected chi connectivity index (χ2v) is 1.62. The summed E-state index contributed by atoms with van der Waals surface area (Å²) in [7, 11) is 0. The number of hydrogen-bond acceptors (Lipinski definition) is 1. The zero-order chi connectivity index (χ0) is 6.24. The molecule has 1 N–H and O–H groups in total. The van der Waals surface area contributed by atoms with Gasteiger partial charge in [0.1, 0.15) is 0 Å². The van der Waals surface area contributed by atoms with E-state index in [4.69, 9.17) is 0 Å². The van der Waals surface area contributed by atoms with E-state index in [1.54, 1.807) is 6.92 Å². The molecule has 0 atom stereocenters. The Morgan fingerprint density at radius 2 is 1.60 bits per heavy atom. The molecule has 0 radical (unpaired) electrons. The number of rotatable bonds is 0. The van der Waals surface area contributed by atoms with E-state index in [1.807, 2.05) is 0 Å². The van der Waals surface area contributed by atoms with E-state index in [0.717, 1.165) is 0 Å². The van der Waals surface area contributed by atoms with E-state index in [9.17, 15) is 0 Å². The third kappa shape index (κ3) is 11.8. The third-order valence-electron chi connectivity index (χ3n) is 1.05. The van der Waals surface area contributed by atoms with Gasteiger partial charge in [-0.15, -0.1) is 12.4 Å². The normalized spacial score (nSPS) is 15.0. The van der Waals surface area contributed by atoms with E-state index in [1.165, 1.54) is 25.9 Å². The Balaban J connectivity index is -0.000000114. The Morgan fingerprint density at radius 1 is 1.20 bits per heavy atom. The van der Waals surface area contributed by atoms with E-state index in [-0.39, 0.29) is 35.5 Å². The number of hydrogen-bond donors (Lipinski definition) is 1. The van der Waals surface area contributed by atoms with Crippen molar-refractivity contribution in [1.82, 2.24) is 5.32 Å². The van der Waals surface area contributed by atoms with Crippen LogP contribution in [0, 0.1) is 13.3 Å². The predicted octanol–water partition coefficient (Wildman–Crippen LogP) is 1.46. The quantitative estimate of drug-likeness (QED) is 0.433. The minimum Gasteiger partial charge on any atom is -0.346 e. The smallest absolute Gasteiger partial charge is 0.346 e. The predicted molar refractivity (Wildman–Crippen MR) is 50.4 cm³/mol. The third-order valence-corrected chi connectivity index (χ3v) is 1.05. The van der Waals surface area contributed by atoms with Crippen LogP contribution in [0.15, 0.2) is 0 Å². The molecule has 0 bridgehead atoms. The Morgan fingerprint density at radius 3 is 1.70 bits per heavy atom. The van der Waals surface area contributed by atoms with Crippen molar-refractivity contribution in [3.8, 4) is 0 Å². The maximum Gasteiger partial charge on any atom is 2.00 e. The first-order valence-electron chi connectivity index (χ1n) is 3.23. The second kappa shape index (κ2) is 16.5. The van der Waals surface area contributed by atoms with Gasteiger partial charge in [0.15, 0.2) is 0 Å². The van der Waals surface area contributed by atoms with Crippen LogP contribution in [0.25, 0.3) is 0 Å². The van der Waals surface area contributed by atoms with Gasteiger partial charge in [-0.1, -0.05) is 0 Å². The molecule has 3 heteroatoms. The van der Waals surface area contributed by atoms with Gasteiger partial charge in [0.2, 0.25) is 0 Å². The molecule has 1 aliphatic heterocycles. The van der Waals surface area contributed by atoms with Crippen LogP contribution in [0.1, 0.15) is 19.8 Å². The van der Waals surface area contributed by atoms with Crippen molar-refractivity contribution >= 4 is 35.5 Å². The summed E-state index contributed by atoms with van der Waals surface area (Å²) >= 11 is 0. The zero-order valence-corrected chi connectivity index (χ0v) is 8.96. The minimum absolute atomic E-state index is 0. The summed E-state index contributed by atoms with van der Waals surface area (Å²) in [5.74, 6) is 0. The van der Waals surface area contributed by atoms with Crippen LogP contribution in [0.2, 0.25) is 0 Å². The van der Waals surface area contributed by atoms with Crippen LogP contribution in [0.5, 0.6) is 0 Å². The van der Waals surface area contributed by atoms with Crippen molar-refractivity contribution in [3.63, 3.8) is 0 Å². The van der Waals surface area contributed by atoms with Gasteiger partial charge in [0, 0.05) is 0 Å². The maximum atomic E-state index is 3.25. The molecular formula is C7H16ClMgN. The van der Waals surface area contributed by atoms with E-state index in [0.29, 0.717) is 0 Å². The van der Waals surface area contributed by atoms with Gasteiger partial charge in [-0.2, -0.15) is 19.8 Å². The van der Waals surface area contributed by atoms with Gasteiger partial charge in [-0.3, -0.25) is 0 Å². The summed E-state index contributed by atoms with van der Waals surface area (Å²) < 4.78 is 0. The molecule has 0 aromatic heterocycles. The van der Waals surface area contributed by atoms with Gasteiger partial charge in [0.05, 0.1) is 0 Å². The molecule has 0 unspecified atom stereocenters. The fourth-order valence-corrected chi connectivity index (χ4v) is 0.678. The van der Waals surface area contributed by atoms with Crippen LogP contribution >= 0.6 is 12.4 Å². The largest absolute Gasteiger partial charge is 2.00 e. The van der Waals surface area contributed by atoms with Crippen LogP contribution in [0.4, 0.5) is 0 Å². The summed E-state index contributed by atoms with van der Waals surface area (Å²) in [5.41, 5.74) is 0. The average Bonchev–Trinajstić information content (AvgIpc) is 1.96. The average molecular weight is 174 g/mol. The van der Waals surface area contributed by atoms with Crippen molar-refractivity contribution in [2.45, 2.75) is 19.8 Å². The zero-order valence-electron chi connectivity index (χ0n) is 6.73. The molecule has 1 fully saturated rings. The van der Waals surface area contributed by atoms with E-state index < -0.39 is 0 Å². The number of halogens is 1. The topological polar surface area (TPSA) is 12.0 Å². The Kier molecular flexibility index (Phi) is 28.4. The molecule has 1 rings (SSSR count). The van der Waals surface area contributed by atoms with Gasteiger partial charge in [-0.05, 0) is 13.1 Å². The summed E-state index contributed by atoms with van der Waals surface area (Å²) in [4.78, 5) is 0. The van der Waals surface area contributed by atoms with Crippen LogP contribution in [0.3, 0.4) is 0 Å². The molecule has 1 aliphatic rings. The standard InChI is InChI=1S/C5H10N.C2H5.ClH.Mg/c1-2-4-6-5-3-1;1-2;;/h1,6H,2-5H2;1H2,2H3;1H;/q2*-1;;+2. The SMILES string of the molecule is Cl.[CH-]1CCNCC1.[CH2-]C.[Mg+2]. The summed E-state index contributed by atoms with van der Waals surface area (Å²) in [5, 5.41) is 3.25. The molecule has 0 aromatic rings. The van der Waals surface area contributed by atoms with E-state index >= 15 is 0 Å². The molecule has 1 heterocycles. The molecule has 0 aromatic carbocycles. The van der Waals surface area contributed by atoms with Crippen molar-refractivity contribution < 1.29 is 0 Å². The van der Waals surface area contributed by atoms with Gasteiger partial charge >= 0.3 is 23.1 Å². The Labute approximate surface area is 86.9 Å². The van der Waals surface area contributed by atoms with Gasteiger partial charge < -0.3 is 18.7 Å². The van der Waals surface area contributed by atoms with Crippen LogP contribution in [-0.2, 0) is 0 Å². The van der Waals surface area contributed by atoms with Crippen molar-refractivity contribution in [1.29, 1.82) is 0 Å². The summed E-state index contributed by atoms with van der Waals surface area (Å²) in [6, 6.07) is 0. The fourth-order valence-electron chi connectivity index (χ4n) is 0.678. The Bertz CT molecular complexity index is 29.1. The monoisotopic (exact) mass is 173 g/mol. The molecule has 1 nitrogen and oxygen atoms in total. The first kappa shape index (κ1) is 17.2. The molecule has 0 spiro atoms. The second-order valence-electron chi connectivity index (χ2n) is 1.62. The molecule has 58 valence electrons. The number of piperidine rings is 1. The molecule has 1 saturated heterocycles. The summed E-state index contributed by atoms with van der Waals surface area (Å²) in [6.07, 6.45) is 4.86. The van der Waals surface area contributed by atoms with E-state index in [2.05, 4.69) is 18.7 Å². The molecule has 0 amide bonds. The Hall–Kier alpha value is 1.02. The van der Waals surface area contributed by atoms with Crippen LogP contribution < -0.4 is 5.32 Å². The van der Waals surface area contributed by atoms with Gasteiger partial charge in [0.25, 0.3) is 0 Å². The van der Waals surface area contributed by atoms with Crippen LogP contribution in [-0.4, -0.2) is 36.1 Å². The van der Waals surface area contributed by atoms with Crippen molar-refractivity contribution in [3.05, 3.63) is 13.3 Å². The van der Waals surface area contributed by atoms with Gasteiger partial charge in [-0.25, -0.2) is 0 Å².